The van der Waals surface area contributed by atoms with Crippen LogP contribution < -0.4 is 5.32 Å². The third-order valence-corrected chi connectivity index (χ3v) is 4.21. The van der Waals surface area contributed by atoms with Crippen LogP contribution in [0.1, 0.15) is 71.1 Å². The molecule has 148 valence electrons. The first-order valence-electron chi connectivity index (χ1n) is 10.3. The van der Waals surface area contributed by atoms with Crippen molar-refractivity contribution in [1.82, 2.24) is 0 Å². The molecule has 27 heavy (non-hydrogen) atoms. The van der Waals surface area contributed by atoms with Crippen LogP contribution in [-0.2, 0) is 4.79 Å². The van der Waals surface area contributed by atoms with Gasteiger partial charge in [0.05, 0.1) is 0 Å². The number of carbonyl (C=O) groups is 1. The minimum absolute atomic E-state index is 0.0434. The largest absolute Gasteiger partial charge is 0.508 e. The van der Waals surface area contributed by atoms with E-state index in [1.54, 1.807) is 24.3 Å². The maximum Gasteiger partial charge on any atom is 0.224 e. The molecule has 0 aliphatic carbocycles. The normalized spacial score (nSPS) is 11.7. The molecule has 0 radical (unpaired) electrons. The van der Waals surface area contributed by atoms with E-state index in [1.165, 1.54) is 19.3 Å². The SMILES string of the molecule is CC/C=C\C/C=C\C/C=C\CCCCCCCC(=O)Nc1ccc(O)cc1. The van der Waals surface area contributed by atoms with Crippen LogP contribution >= 0.6 is 0 Å². The molecule has 1 rings (SSSR count). The number of hydrogen-bond acceptors (Lipinski definition) is 2. The van der Waals surface area contributed by atoms with E-state index >= 15 is 0 Å². The lowest BCUT2D eigenvalue weighted by atomic mass is 10.1. The molecule has 0 fully saturated rings. The highest BCUT2D eigenvalue weighted by Crippen LogP contribution is 2.14. The van der Waals surface area contributed by atoms with E-state index in [0.717, 1.165) is 44.2 Å². The van der Waals surface area contributed by atoms with E-state index in [0.29, 0.717) is 6.42 Å². The molecule has 0 saturated carbocycles. The monoisotopic (exact) mass is 369 g/mol. The molecule has 1 aromatic rings. The van der Waals surface area contributed by atoms with Crippen LogP contribution in [0.2, 0.25) is 0 Å². The Balaban J connectivity index is 1.92. The first-order chi connectivity index (χ1) is 13.2. The Morgan fingerprint density at radius 2 is 1.44 bits per heavy atom. The molecule has 0 spiro atoms. The molecule has 0 heterocycles. The summed E-state index contributed by atoms with van der Waals surface area (Å²) in [5.41, 5.74) is 0.733. The van der Waals surface area contributed by atoms with Crippen molar-refractivity contribution in [2.45, 2.75) is 71.1 Å². The van der Waals surface area contributed by atoms with Crippen molar-refractivity contribution in [3.05, 3.63) is 60.7 Å². The Hall–Kier alpha value is -2.29. The first kappa shape index (κ1) is 22.8. The van der Waals surface area contributed by atoms with Crippen LogP contribution in [-0.4, -0.2) is 11.0 Å². The summed E-state index contributed by atoms with van der Waals surface area (Å²) >= 11 is 0. The van der Waals surface area contributed by atoms with Crippen molar-refractivity contribution >= 4 is 11.6 Å². The quantitative estimate of drug-likeness (QED) is 0.212. The summed E-state index contributed by atoms with van der Waals surface area (Å²) in [5.74, 6) is 0.251. The molecule has 0 saturated heterocycles. The smallest absolute Gasteiger partial charge is 0.224 e. The first-order valence-corrected chi connectivity index (χ1v) is 10.3. The van der Waals surface area contributed by atoms with E-state index in [2.05, 4.69) is 48.7 Å². The van der Waals surface area contributed by atoms with Gasteiger partial charge in [-0.2, -0.15) is 0 Å². The predicted molar refractivity (Wildman–Crippen MR) is 116 cm³/mol. The zero-order valence-electron chi connectivity index (χ0n) is 16.7. The van der Waals surface area contributed by atoms with E-state index in [-0.39, 0.29) is 11.7 Å². The van der Waals surface area contributed by atoms with Crippen molar-refractivity contribution in [1.29, 1.82) is 0 Å². The number of benzene rings is 1. The Labute approximate surface area is 164 Å². The highest BCUT2D eigenvalue weighted by Gasteiger charge is 2.02. The van der Waals surface area contributed by atoms with E-state index < -0.39 is 0 Å². The summed E-state index contributed by atoms with van der Waals surface area (Å²) in [6, 6.07) is 6.57. The van der Waals surface area contributed by atoms with Gasteiger partial charge in [0, 0.05) is 12.1 Å². The second kappa shape index (κ2) is 15.9. The van der Waals surface area contributed by atoms with Crippen molar-refractivity contribution in [3.8, 4) is 5.75 Å². The van der Waals surface area contributed by atoms with Gasteiger partial charge in [-0.25, -0.2) is 0 Å². The topological polar surface area (TPSA) is 49.3 Å². The van der Waals surface area contributed by atoms with Crippen molar-refractivity contribution in [2.24, 2.45) is 0 Å². The Morgan fingerprint density at radius 1 is 0.852 bits per heavy atom. The van der Waals surface area contributed by atoms with Crippen molar-refractivity contribution < 1.29 is 9.90 Å². The molecule has 1 amide bonds. The molecule has 0 bridgehead atoms. The number of allylic oxidation sites excluding steroid dienone is 6. The molecule has 0 aliphatic heterocycles. The van der Waals surface area contributed by atoms with Crippen LogP contribution in [0.15, 0.2) is 60.7 Å². The zero-order valence-corrected chi connectivity index (χ0v) is 16.7. The lowest BCUT2D eigenvalue weighted by Crippen LogP contribution is -2.10. The lowest BCUT2D eigenvalue weighted by Gasteiger charge is -2.05. The average Bonchev–Trinajstić information content (AvgIpc) is 2.66. The molecule has 1 aromatic carbocycles. The number of anilines is 1. The number of unbranched alkanes of at least 4 members (excludes halogenated alkanes) is 5. The number of phenols is 1. The number of carbonyl (C=O) groups excluding carboxylic acids is 1. The van der Waals surface area contributed by atoms with Gasteiger partial charge in [0.1, 0.15) is 5.75 Å². The molecule has 3 nitrogen and oxygen atoms in total. The van der Waals surface area contributed by atoms with E-state index in [1.807, 2.05) is 0 Å². The summed E-state index contributed by atoms with van der Waals surface area (Å²) in [5, 5.41) is 12.1. The molecule has 0 unspecified atom stereocenters. The van der Waals surface area contributed by atoms with Crippen molar-refractivity contribution in [3.63, 3.8) is 0 Å². The summed E-state index contributed by atoms with van der Waals surface area (Å²) in [7, 11) is 0. The number of rotatable bonds is 14. The number of aromatic hydroxyl groups is 1. The second-order valence-corrected chi connectivity index (χ2v) is 6.70. The highest BCUT2D eigenvalue weighted by atomic mass is 16.3. The second-order valence-electron chi connectivity index (χ2n) is 6.70. The van der Waals surface area contributed by atoms with E-state index in [4.69, 9.17) is 0 Å². The van der Waals surface area contributed by atoms with E-state index in [9.17, 15) is 9.90 Å². The number of hydrogen-bond donors (Lipinski definition) is 2. The standard InChI is InChI=1S/C24H35NO2/c1-2-3-4-5-6-7-8-9-10-11-12-13-14-15-16-17-24(27)25-22-18-20-23(26)21-19-22/h3-4,6-7,9-10,18-21,26H,2,5,8,11-17H2,1H3,(H,25,27)/b4-3-,7-6-,10-9-. The fraction of sp³-hybridized carbons (Fsp3) is 0.458. The summed E-state index contributed by atoms with van der Waals surface area (Å²) in [4.78, 5) is 11.8. The summed E-state index contributed by atoms with van der Waals surface area (Å²) in [6.07, 6.45) is 23.9. The third kappa shape index (κ3) is 13.6. The van der Waals surface area contributed by atoms with Crippen LogP contribution in [0.5, 0.6) is 5.75 Å². The molecule has 3 heteroatoms. The molecular weight excluding hydrogens is 334 g/mol. The maximum atomic E-state index is 11.8. The van der Waals surface area contributed by atoms with Gasteiger partial charge in [-0.15, -0.1) is 0 Å². The molecule has 0 aliphatic rings. The van der Waals surface area contributed by atoms with Gasteiger partial charge in [-0.05, 0) is 62.8 Å². The maximum absolute atomic E-state index is 11.8. The Bertz CT molecular complexity index is 585. The Morgan fingerprint density at radius 3 is 2.15 bits per heavy atom. The molecule has 0 aromatic heterocycles. The summed E-state index contributed by atoms with van der Waals surface area (Å²) in [6.45, 7) is 2.15. The zero-order chi connectivity index (χ0) is 19.6. The van der Waals surface area contributed by atoms with Gasteiger partial charge < -0.3 is 10.4 Å². The van der Waals surface area contributed by atoms with Gasteiger partial charge in [0.15, 0.2) is 0 Å². The minimum atomic E-state index is 0.0434. The summed E-state index contributed by atoms with van der Waals surface area (Å²) < 4.78 is 0. The fourth-order valence-corrected chi connectivity index (χ4v) is 2.67. The van der Waals surface area contributed by atoms with Crippen LogP contribution in [0, 0.1) is 0 Å². The number of phenolic OH excluding ortho intramolecular Hbond substituents is 1. The Kier molecular flexibility index (Phi) is 13.4. The van der Waals surface area contributed by atoms with Crippen LogP contribution in [0.3, 0.4) is 0 Å². The fourth-order valence-electron chi connectivity index (χ4n) is 2.67. The van der Waals surface area contributed by atoms with Gasteiger partial charge in [-0.3, -0.25) is 4.79 Å². The van der Waals surface area contributed by atoms with Crippen LogP contribution in [0.25, 0.3) is 0 Å². The number of amides is 1. The molecule has 0 atom stereocenters. The molecule has 2 N–H and O–H groups in total. The highest BCUT2D eigenvalue weighted by molar-refractivity contribution is 5.90. The number of nitrogens with one attached hydrogen (secondary N) is 1. The van der Waals surface area contributed by atoms with Gasteiger partial charge in [-0.1, -0.05) is 62.6 Å². The van der Waals surface area contributed by atoms with Gasteiger partial charge >= 0.3 is 0 Å². The van der Waals surface area contributed by atoms with Crippen molar-refractivity contribution in [2.75, 3.05) is 5.32 Å². The predicted octanol–water partition coefficient (Wildman–Crippen LogP) is 6.92. The third-order valence-electron chi connectivity index (χ3n) is 4.21. The van der Waals surface area contributed by atoms with Gasteiger partial charge in [0.2, 0.25) is 5.91 Å². The molecular formula is C24H35NO2. The van der Waals surface area contributed by atoms with Gasteiger partial charge in [0.25, 0.3) is 0 Å². The van der Waals surface area contributed by atoms with Crippen LogP contribution in [0.4, 0.5) is 5.69 Å². The average molecular weight is 370 g/mol. The lowest BCUT2D eigenvalue weighted by molar-refractivity contribution is -0.116. The minimum Gasteiger partial charge on any atom is -0.508 e.